The minimum Gasteiger partial charge on any atom is -0.481 e. The summed E-state index contributed by atoms with van der Waals surface area (Å²) in [4.78, 5) is 38.3. The number of carbonyl (C=O) groups is 3. The number of hydrogen-bond donors (Lipinski definition) is 4. The molecule has 1 aliphatic heterocycles. The molecule has 0 saturated carbocycles. The number of aryl methyl sites for hydroxylation is 1. The van der Waals surface area contributed by atoms with Crippen molar-refractivity contribution in [3.8, 4) is 0 Å². The lowest BCUT2D eigenvalue weighted by molar-refractivity contribution is -0.137. The Bertz CT molecular complexity index is 1120. The number of nitrogens with one attached hydrogen (secondary N) is 3. The molecule has 0 fully saturated rings. The van der Waals surface area contributed by atoms with Gasteiger partial charge < -0.3 is 21.1 Å². The van der Waals surface area contributed by atoms with Gasteiger partial charge in [-0.15, -0.1) is 0 Å². The Kier molecular flexibility index (Phi) is 12.1. The molecule has 3 rings (SSSR count). The third kappa shape index (κ3) is 10.6. The van der Waals surface area contributed by atoms with Gasteiger partial charge in [0.1, 0.15) is 0 Å². The minimum absolute atomic E-state index is 0.0702. The van der Waals surface area contributed by atoms with E-state index in [0.717, 1.165) is 48.7 Å². The first-order valence-electron chi connectivity index (χ1n) is 12.6. The Morgan fingerprint density at radius 3 is 2.54 bits per heavy atom. The summed E-state index contributed by atoms with van der Waals surface area (Å²) in [7, 11) is 0. The summed E-state index contributed by atoms with van der Waals surface area (Å²) in [5.41, 5.74) is 3.35. The molecule has 0 radical (unpaired) electrons. The van der Waals surface area contributed by atoms with Crippen LogP contribution in [0.5, 0.6) is 0 Å². The highest BCUT2D eigenvalue weighted by Gasteiger charge is 2.18. The maximum Gasteiger partial charge on any atom is 0.305 e. The van der Waals surface area contributed by atoms with Crippen LogP contribution in [0.2, 0.25) is 5.02 Å². The predicted octanol–water partition coefficient (Wildman–Crippen LogP) is 5.23. The lowest BCUT2D eigenvalue weighted by Crippen LogP contribution is -2.39. The molecular weight excluding hydrogens is 492 g/mol. The van der Waals surface area contributed by atoms with E-state index in [4.69, 9.17) is 16.7 Å². The van der Waals surface area contributed by atoms with Crippen LogP contribution in [0.15, 0.2) is 47.5 Å². The van der Waals surface area contributed by atoms with Gasteiger partial charge in [-0.3, -0.25) is 19.4 Å². The number of aliphatic carboxylic acids is 1. The van der Waals surface area contributed by atoms with Crippen LogP contribution in [0.25, 0.3) is 0 Å². The van der Waals surface area contributed by atoms with Gasteiger partial charge in [-0.25, -0.2) is 0 Å². The zero-order valence-electron chi connectivity index (χ0n) is 21.9. The van der Waals surface area contributed by atoms with Gasteiger partial charge in [0.15, 0.2) is 11.7 Å². The van der Waals surface area contributed by atoms with Gasteiger partial charge in [-0.1, -0.05) is 50.6 Å². The SMILES string of the molecule is CC(=O)c1cccc(NC2=NCC(C)CN2)c1.CCCC(=O)NC(CC(=O)O)c1cc(Cl)cc(CC)c1. The zero-order chi connectivity index (χ0) is 27.4. The van der Waals surface area contributed by atoms with Crippen LogP contribution in [-0.4, -0.2) is 41.8 Å². The number of nitrogens with zero attached hydrogens (tertiary/aromatic N) is 1. The van der Waals surface area contributed by atoms with E-state index in [2.05, 4.69) is 27.9 Å². The third-order valence-corrected chi connectivity index (χ3v) is 5.91. The van der Waals surface area contributed by atoms with Gasteiger partial charge in [-0.05, 0) is 61.1 Å². The summed E-state index contributed by atoms with van der Waals surface area (Å²) in [6.45, 7) is 9.39. The summed E-state index contributed by atoms with van der Waals surface area (Å²) in [5.74, 6) is 0.329. The lowest BCUT2D eigenvalue weighted by atomic mass is 10.00. The third-order valence-electron chi connectivity index (χ3n) is 5.69. The zero-order valence-corrected chi connectivity index (χ0v) is 22.7. The molecule has 200 valence electrons. The van der Waals surface area contributed by atoms with Crippen molar-refractivity contribution in [1.29, 1.82) is 0 Å². The van der Waals surface area contributed by atoms with E-state index >= 15 is 0 Å². The molecular formula is C28H37ClN4O4. The Balaban J connectivity index is 0.000000263. The van der Waals surface area contributed by atoms with Crippen molar-refractivity contribution < 1.29 is 19.5 Å². The highest BCUT2D eigenvalue weighted by molar-refractivity contribution is 6.30. The largest absolute Gasteiger partial charge is 0.481 e. The molecule has 0 aliphatic carbocycles. The van der Waals surface area contributed by atoms with Crippen LogP contribution in [0, 0.1) is 5.92 Å². The summed E-state index contributed by atoms with van der Waals surface area (Å²) >= 11 is 6.05. The van der Waals surface area contributed by atoms with Crippen LogP contribution in [0.4, 0.5) is 5.69 Å². The van der Waals surface area contributed by atoms with Crippen LogP contribution >= 0.6 is 11.6 Å². The number of anilines is 1. The first-order chi connectivity index (χ1) is 17.6. The normalized spacial score (nSPS) is 15.3. The molecule has 1 heterocycles. The van der Waals surface area contributed by atoms with Crippen molar-refractivity contribution in [1.82, 2.24) is 10.6 Å². The molecule has 0 spiro atoms. The number of rotatable bonds is 9. The number of benzene rings is 2. The average molecular weight is 529 g/mol. The van der Waals surface area contributed by atoms with Crippen LogP contribution in [0.3, 0.4) is 0 Å². The van der Waals surface area contributed by atoms with Crippen LogP contribution in [0.1, 0.15) is 74.5 Å². The van der Waals surface area contributed by atoms with E-state index in [1.54, 1.807) is 13.0 Å². The van der Waals surface area contributed by atoms with Crippen molar-refractivity contribution >= 4 is 40.9 Å². The Morgan fingerprint density at radius 2 is 1.95 bits per heavy atom. The second-order valence-corrected chi connectivity index (χ2v) is 9.59. The second kappa shape index (κ2) is 15.0. The number of Topliss-reactive ketones (excluding diaryl/α,β-unsaturated/α-hetero) is 1. The fourth-order valence-corrected chi connectivity index (χ4v) is 3.94. The smallest absolute Gasteiger partial charge is 0.305 e. The maximum absolute atomic E-state index is 11.7. The highest BCUT2D eigenvalue weighted by atomic mass is 35.5. The second-order valence-electron chi connectivity index (χ2n) is 9.15. The molecule has 4 N–H and O–H groups in total. The fourth-order valence-electron chi connectivity index (χ4n) is 3.68. The Morgan fingerprint density at radius 1 is 1.19 bits per heavy atom. The average Bonchev–Trinajstić information content (AvgIpc) is 2.85. The quantitative estimate of drug-likeness (QED) is 0.331. The van der Waals surface area contributed by atoms with E-state index in [1.165, 1.54) is 0 Å². The number of halogens is 1. The molecule has 37 heavy (non-hydrogen) atoms. The van der Waals surface area contributed by atoms with E-state index in [-0.39, 0.29) is 18.1 Å². The van der Waals surface area contributed by atoms with Gasteiger partial charge in [0.05, 0.1) is 12.5 Å². The molecule has 1 amide bonds. The minimum atomic E-state index is -0.954. The van der Waals surface area contributed by atoms with Gasteiger partial charge in [0.25, 0.3) is 0 Å². The number of carbonyl (C=O) groups excluding carboxylic acids is 2. The standard InChI is InChI=1S/C15H20ClNO3.C13H17N3O/c1-3-5-14(18)17-13(9-15(19)20)11-6-10(4-2)7-12(16)8-11;1-9-7-14-13(15-8-9)16-12-5-3-4-11(6-12)10(2)17/h6-8,13H,3-5,9H2,1-2H3,(H,17,18)(H,19,20);3-6,9H,7-8H2,1-2H3,(H2,14,15,16). The first-order valence-corrected chi connectivity index (χ1v) is 13.0. The van der Waals surface area contributed by atoms with Crippen molar-refractivity contribution in [2.75, 3.05) is 18.4 Å². The first kappa shape index (κ1) is 29.8. The number of carboxylic acid groups (broad SMARTS) is 1. The Labute approximate surface area is 223 Å². The van der Waals surface area contributed by atoms with E-state index in [0.29, 0.717) is 22.9 Å². The summed E-state index contributed by atoms with van der Waals surface area (Å²) in [6.07, 6.45) is 1.76. The van der Waals surface area contributed by atoms with Crippen LogP contribution in [-0.2, 0) is 16.0 Å². The topological polar surface area (TPSA) is 120 Å². The molecule has 2 atom stereocenters. The molecule has 9 heteroatoms. The van der Waals surface area contributed by atoms with E-state index in [1.807, 2.05) is 50.2 Å². The predicted molar refractivity (Wildman–Crippen MR) is 148 cm³/mol. The number of carboxylic acids is 1. The number of amides is 1. The molecule has 0 saturated heterocycles. The van der Waals surface area contributed by atoms with Gasteiger partial charge in [0, 0.05) is 35.8 Å². The number of aliphatic imine (C=N–C) groups is 1. The molecule has 2 aromatic carbocycles. The number of hydrogen-bond acceptors (Lipinski definition) is 6. The van der Waals surface area contributed by atoms with Crippen molar-refractivity contribution in [2.24, 2.45) is 10.9 Å². The molecule has 1 aliphatic rings. The monoisotopic (exact) mass is 528 g/mol. The van der Waals surface area contributed by atoms with Crippen molar-refractivity contribution in [3.63, 3.8) is 0 Å². The fraction of sp³-hybridized carbons (Fsp3) is 0.429. The summed E-state index contributed by atoms with van der Waals surface area (Å²) in [6, 6.07) is 12.3. The highest BCUT2D eigenvalue weighted by Crippen LogP contribution is 2.23. The van der Waals surface area contributed by atoms with Crippen molar-refractivity contribution in [3.05, 3.63) is 64.2 Å². The molecule has 2 unspecified atom stereocenters. The summed E-state index contributed by atoms with van der Waals surface area (Å²) in [5, 5.41) is 18.7. The summed E-state index contributed by atoms with van der Waals surface area (Å²) < 4.78 is 0. The van der Waals surface area contributed by atoms with Gasteiger partial charge in [0.2, 0.25) is 5.91 Å². The number of ketones is 1. The van der Waals surface area contributed by atoms with Gasteiger partial charge >= 0.3 is 5.97 Å². The molecule has 0 aromatic heterocycles. The molecule has 8 nitrogen and oxygen atoms in total. The van der Waals surface area contributed by atoms with E-state index < -0.39 is 12.0 Å². The van der Waals surface area contributed by atoms with Gasteiger partial charge in [-0.2, -0.15) is 0 Å². The number of guanidine groups is 1. The lowest BCUT2D eigenvalue weighted by Gasteiger charge is -2.20. The van der Waals surface area contributed by atoms with Crippen molar-refractivity contribution in [2.45, 2.75) is 59.4 Å². The molecule has 0 bridgehead atoms. The molecule has 2 aromatic rings. The maximum atomic E-state index is 11.7. The Hall–Kier alpha value is -3.39. The van der Waals surface area contributed by atoms with E-state index in [9.17, 15) is 14.4 Å². The van der Waals surface area contributed by atoms with Crippen LogP contribution < -0.4 is 16.0 Å².